The molecule has 0 atom stereocenters. The molecule has 10 heteroatoms. The first-order chi connectivity index (χ1) is 22.4. The fourth-order valence-corrected chi connectivity index (χ4v) is 4.71. The Labute approximate surface area is 259 Å². The lowest BCUT2D eigenvalue weighted by atomic mass is 10.1. The third-order valence-corrected chi connectivity index (χ3v) is 7.01. The molecule has 5 aromatic carbocycles. The predicted molar refractivity (Wildman–Crippen MR) is 168 cm³/mol. The van der Waals surface area contributed by atoms with E-state index in [4.69, 9.17) is 18.3 Å². The van der Waals surface area contributed by atoms with Gasteiger partial charge in [-0.2, -0.15) is 0 Å². The Morgan fingerprint density at radius 1 is 0.500 bits per heavy atom. The van der Waals surface area contributed by atoms with Crippen LogP contribution in [0, 0.1) is 0 Å². The van der Waals surface area contributed by atoms with Gasteiger partial charge in [-0.15, -0.1) is 0 Å². The molecule has 10 nitrogen and oxygen atoms in total. The van der Waals surface area contributed by atoms with Crippen molar-refractivity contribution in [2.75, 3.05) is 0 Å². The second-order valence-corrected chi connectivity index (χ2v) is 10.1. The van der Waals surface area contributed by atoms with Crippen molar-refractivity contribution in [2.24, 2.45) is 0 Å². The molecular weight excluding hydrogens is 588 g/mol. The number of hydrogen-bond donors (Lipinski definition) is 0. The lowest BCUT2D eigenvalue weighted by Gasteiger charge is -2.07. The highest BCUT2D eigenvalue weighted by atomic mass is 16.5. The maximum absolute atomic E-state index is 12.9. The van der Waals surface area contributed by atoms with E-state index in [-0.39, 0.29) is 33.7 Å². The van der Waals surface area contributed by atoms with Crippen LogP contribution < -0.4 is 20.7 Å². The second kappa shape index (κ2) is 11.8. The van der Waals surface area contributed by atoms with Crippen molar-refractivity contribution >= 4 is 33.7 Å². The molecule has 7 rings (SSSR count). The van der Waals surface area contributed by atoms with E-state index in [1.165, 1.54) is 24.3 Å². The van der Waals surface area contributed by atoms with E-state index in [1.807, 2.05) is 0 Å². The minimum atomic E-state index is -0.673. The van der Waals surface area contributed by atoms with E-state index in [1.54, 1.807) is 97.1 Å². The van der Waals surface area contributed by atoms with Gasteiger partial charge in [0.05, 0.1) is 32.9 Å². The van der Waals surface area contributed by atoms with Gasteiger partial charge in [0.1, 0.15) is 11.5 Å². The smallest absolute Gasteiger partial charge is 0.347 e. The first-order valence-electron chi connectivity index (χ1n) is 14.0. The van der Waals surface area contributed by atoms with E-state index < -0.39 is 23.2 Å². The summed E-state index contributed by atoms with van der Waals surface area (Å²) in [6, 6.07) is 32.7. The molecule has 0 spiro atoms. The molecule has 0 N–H and O–H groups in total. The number of fused-ring (bicyclic) bond motifs is 2. The van der Waals surface area contributed by atoms with Gasteiger partial charge in [-0.25, -0.2) is 29.1 Å². The van der Waals surface area contributed by atoms with Crippen molar-refractivity contribution in [1.82, 2.24) is 9.97 Å². The summed E-state index contributed by atoms with van der Waals surface area (Å²) in [6.45, 7) is 0. The van der Waals surface area contributed by atoms with Crippen LogP contribution in [-0.4, -0.2) is 21.9 Å². The van der Waals surface area contributed by atoms with Gasteiger partial charge in [0.15, 0.2) is 0 Å². The molecule has 0 aliphatic rings. The van der Waals surface area contributed by atoms with Gasteiger partial charge in [0.2, 0.25) is 11.8 Å². The summed E-state index contributed by atoms with van der Waals surface area (Å²) in [7, 11) is 0. The molecule has 2 heterocycles. The standard InChI is InChI=1S/C36H20N2O8/c39-33(43-25-7-3-1-4-8-25)23-15-17-29-27(19-23)35(41)45-31(37-29)21-11-13-22(14-12-21)32-38-30-18-16-24(20-28(30)36(42)46-32)34(40)44-26-9-5-2-6-10-26/h1-20H. The number of esters is 2. The zero-order valence-electron chi connectivity index (χ0n) is 23.7. The van der Waals surface area contributed by atoms with Gasteiger partial charge in [0.25, 0.3) is 0 Å². The summed E-state index contributed by atoms with van der Waals surface area (Å²) in [6.07, 6.45) is 0. The zero-order chi connectivity index (χ0) is 31.6. The van der Waals surface area contributed by atoms with Crippen molar-refractivity contribution in [3.05, 3.63) is 153 Å². The number of hydrogen-bond acceptors (Lipinski definition) is 10. The highest BCUT2D eigenvalue weighted by Crippen LogP contribution is 2.25. The Bertz CT molecular complexity index is 2210. The molecular formula is C36H20N2O8. The summed E-state index contributed by atoms with van der Waals surface area (Å²) in [4.78, 5) is 59.8. The molecule has 0 saturated carbocycles. The minimum Gasteiger partial charge on any atom is -0.423 e. The Kier molecular flexibility index (Phi) is 7.20. The zero-order valence-corrected chi connectivity index (χ0v) is 23.7. The molecule has 7 aromatic rings. The molecule has 0 fully saturated rings. The molecule has 0 unspecified atom stereocenters. The Hall–Kier alpha value is -6.68. The van der Waals surface area contributed by atoms with E-state index >= 15 is 0 Å². The van der Waals surface area contributed by atoms with Gasteiger partial charge in [0, 0.05) is 11.1 Å². The Balaban J connectivity index is 1.12. The van der Waals surface area contributed by atoms with Crippen LogP contribution in [0.15, 0.2) is 140 Å². The van der Waals surface area contributed by atoms with Gasteiger partial charge < -0.3 is 18.3 Å². The van der Waals surface area contributed by atoms with Crippen LogP contribution in [-0.2, 0) is 0 Å². The molecule has 0 radical (unpaired) electrons. The van der Waals surface area contributed by atoms with Crippen LogP contribution >= 0.6 is 0 Å². The fourth-order valence-electron chi connectivity index (χ4n) is 4.71. The van der Waals surface area contributed by atoms with Crippen LogP contribution in [0.1, 0.15) is 20.7 Å². The van der Waals surface area contributed by atoms with Crippen LogP contribution in [0.4, 0.5) is 0 Å². The predicted octanol–water partition coefficient (Wildman–Crippen LogP) is 6.46. The first-order valence-corrected chi connectivity index (χ1v) is 14.0. The van der Waals surface area contributed by atoms with Crippen molar-refractivity contribution < 1.29 is 27.9 Å². The van der Waals surface area contributed by atoms with Crippen LogP contribution in [0.3, 0.4) is 0 Å². The monoisotopic (exact) mass is 608 g/mol. The maximum atomic E-state index is 12.9. The van der Waals surface area contributed by atoms with Gasteiger partial charge in [-0.1, -0.05) is 36.4 Å². The van der Waals surface area contributed by atoms with Crippen molar-refractivity contribution in [3.8, 4) is 34.4 Å². The quantitative estimate of drug-likeness (QED) is 0.153. The molecule has 0 saturated heterocycles. The molecule has 0 bridgehead atoms. The van der Waals surface area contributed by atoms with Crippen LogP contribution in [0.2, 0.25) is 0 Å². The number of ether oxygens (including phenoxy) is 2. The lowest BCUT2D eigenvalue weighted by molar-refractivity contribution is 0.0725. The van der Waals surface area contributed by atoms with Crippen molar-refractivity contribution in [3.63, 3.8) is 0 Å². The molecule has 46 heavy (non-hydrogen) atoms. The van der Waals surface area contributed by atoms with Gasteiger partial charge in [-0.05, 0) is 84.9 Å². The molecule has 0 aliphatic carbocycles. The van der Waals surface area contributed by atoms with E-state index in [2.05, 4.69) is 9.97 Å². The molecule has 0 aliphatic heterocycles. The summed E-state index contributed by atoms with van der Waals surface area (Å²) >= 11 is 0. The normalized spacial score (nSPS) is 11.0. The third kappa shape index (κ3) is 5.65. The Morgan fingerprint density at radius 3 is 1.28 bits per heavy atom. The number of aromatic nitrogens is 2. The van der Waals surface area contributed by atoms with Gasteiger partial charge in [-0.3, -0.25) is 0 Å². The van der Waals surface area contributed by atoms with Crippen LogP contribution in [0.5, 0.6) is 11.5 Å². The van der Waals surface area contributed by atoms with Crippen molar-refractivity contribution in [2.45, 2.75) is 0 Å². The highest BCUT2D eigenvalue weighted by Gasteiger charge is 2.16. The number of benzene rings is 5. The highest BCUT2D eigenvalue weighted by molar-refractivity contribution is 5.96. The molecule has 0 amide bonds. The minimum absolute atomic E-state index is 0.0616. The Morgan fingerprint density at radius 2 is 0.891 bits per heavy atom. The van der Waals surface area contributed by atoms with E-state index in [9.17, 15) is 19.2 Å². The second-order valence-electron chi connectivity index (χ2n) is 10.1. The molecule has 222 valence electrons. The van der Waals surface area contributed by atoms with Crippen molar-refractivity contribution in [1.29, 1.82) is 0 Å². The molecule has 2 aromatic heterocycles. The average Bonchev–Trinajstić information content (AvgIpc) is 3.09. The number of carbonyl (C=O) groups excluding carboxylic acids is 2. The van der Waals surface area contributed by atoms with Crippen LogP contribution in [0.25, 0.3) is 44.7 Å². The third-order valence-electron chi connectivity index (χ3n) is 7.01. The number of nitrogens with zero attached hydrogens (tertiary/aromatic N) is 2. The van der Waals surface area contributed by atoms with Gasteiger partial charge >= 0.3 is 23.2 Å². The fraction of sp³-hybridized carbons (Fsp3) is 0. The maximum Gasteiger partial charge on any atom is 0.347 e. The number of rotatable bonds is 6. The number of para-hydroxylation sites is 2. The number of carbonyl (C=O) groups is 2. The first kappa shape index (κ1) is 28.1. The van der Waals surface area contributed by atoms with E-state index in [0.29, 0.717) is 33.7 Å². The summed E-state index contributed by atoms with van der Waals surface area (Å²) in [5.74, 6) is -0.354. The largest absolute Gasteiger partial charge is 0.423 e. The van der Waals surface area contributed by atoms with E-state index in [0.717, 1.165) is 0 Å². The topological polar surface area (TPSA) is 139 Å². The SMILES string of the molecule is O=C(Oc1ccccc1)c1ccc2nc(-c3ccc(-c4nc5ccc(C(=O)Oc6ccccc6)cc5c(=O)o4)cc3)oc(=O)c2c1. The summed E-state index contributed by atoms with van der Waals surface area (Å²) < 4.78 is 21.7. The lowest BCUT2D eigenvalue weighted by Crippen LogP contribution is -2.10. The average molecular weight is 609 g/mol. The summed E-state index contributed by atoms with van der Waals surface area (Å²) in [5, 5.41) is 0.253. The summed E-state index contributed by atoms with van der Waals surface area (Å²) in [5.41, 5.74) is 0.646.